The van der Waals surface area contributed by atoms with Crippen LogP contribution in [0.1, 0.15) is 27.1 Å². The Bertz CT molecular complexity index is 828. The number of nitriles is 1. The van der Waals surface area contributed by atoms with Crippen LogP contribution in [0.2, 0.25) is 0 Å². The Morgan fingerprint density at radius 3 is 2.42 bits per heavy atom. The number of rotatable bonds is 7. The van der Waals surface area contributed by atoms with Crippen LogP contribution in [0.4, 0.5) is 5.69 Å². The van der Waals surface area contributed by atoms with E-state index in [9.17, 15) is 14.4 Å². The van der Waals surface area contributed by atoms with Gasteiger partial charge in [0, 0.05) is 12.1 Å². The highest BCUT2D eigenvalue weighted by Crippen LogP contribution is 2.17. The highest BCUT2D eigenvalue weighted by molar-refractivity contribution is 6.08. The molecule has 132 valence electrons. The third-order valence-electron chi connectivity index (χ3n) is 3.32. The SMILES string of the molecule is N#CCCNC(=O)COC(=O)c1ccccc1NC(=O)c1ccccc1. The first-order valence-corrected chi connectivity index (χ1v) is 7.88. The summed E-state index contributed by atoms with van der Waals surface area (Å²) >= 11 is 0. The van der Waals surface area contributed by atoms with Crippen molar-refractivity contribution in [2.75, 3.05) is 18.5 Å². The number of hydrogen-bond donors (Lipinski definition) is 2. The topological polar surface area (TPSA) is 108 Å². The van der Waals surface area contributed by atoms with Crippen molar-refractivity contribution in [1.82, 2.24) is 5.32 Å². The molecule has 2 aromatic rings. The van der Waals surface area contributed by atoms with Crippen LogP contribution in [0.25, 0.3) is 0 Å². The average molecular weight is 351 g/mol. The van der Waals surface area contributed by atoms with Gasteiger partial charge >= 0.3 is 5.97 Å². The first-order chi connectivity index (χ1) is 12.6. The summed E-state index contributed by atoms with van der Waals surface area (Å²) in [4.78, 5) is 36.0. The highest BCUT2D eigenvalue weighted by atomic mass is 16.5. The van der Waals surface area contributed by atoms with Gasteiger partial charge in [0.05, 0.1) is 23.7 Å². The predicted octanol–water partition coefficient (Wildman–Crippen LogP) is 2.13. The Morgan fingerprint density at radius 2 is 1.69 bits per heavy atom. The second kappa shape index (κ2) is 9.59. The number of benzene rings is 2. The number of nitrogens with zero attached hydrogens (tertiary/aromatic N) is 1. The van der Waals surface area contributed by atoms with Crippen molar-refractivity contribution in [3.05, 3.63) is 65.7 Å². The van der Waals surface area contributed by atoms with E-state index >= 15 is 0 Å². The van der Waals surface area contributed by atoms with Gasteiger partial charge in [-0.15, -0.1) is 0 Å². The molecule has 0 atom stereocenters. The molecule has 0 aromatic heterocycles. The van der Waals surface area contributed by atoms with E-state index in [1.165, 1.54) is 6.07 Å². The molecular formula is C19H17N3O4. The molecule has 0 heterocycles. The molecule has 26 heavy (non-hydrogen) atoms. The maximum atomic E-state index is 12.2. The van der Waals surface area contributed by atoms with Gasteiger partial charge in [-0.05, 0) is 24.3 Å². The molecule has 0 aliphatic heterocycles. The summed E-state index contributed by atoms with van der Waals surface area (Å²) in [5.41, 5.74) is 0.880. The molecule has 0 spiro atoms. The quantitative estimate of drug-likeness (QED) is 0.587. The van der Waals surface area contributed by atoms with Gasteiger partial charge in [-0.2, -0.15) is 5.26 Å². The third kappa shape index (κ3) is 5.46. The number of anilines is 1. The van der Waals surface area contributed by atoms with E-state index in [1.54, 1.807) is 48.5 Å². The van der Waals surface area contributed by atoms with Gasteiger partial charge < -0.3 is 15.4 Å². The first-order valence-electron chi connectivity index (χ1n) is 7.88. The number of amides is 2. The Hall–Kier alpha value is -3.66. The molecule has 0 unspecified atom stereocenters. The minimum Gasteiger partial charge on any atom is -0.452 e. The van der Waals surface area contributed by atoms with E-state index in [1.807, 2.05) is 6.07 Å². The highest BCUT2D eigenvalue weighted by Gasteiger charge is 2.16. The lowest BCUT2D eigenvalue weighted by Crippen LogP contribution is -2.29. The van der Waals surface area contributed by atoms with Gasteiger partial charge in [-0.25, -0.2) is 4.79 Å². The molecule has 2 rings (SSSR count). The van der Waals surface area contributed by atoms with Crippen LogP contribution in [0.15, 0.2) is 54.6 Å². The van der Waals surface area contributed by atoms with Gasteiger partial charge in [-0.3, -0.25) is 9.59 Å². The Labute approximate surface area is 150 Å². The van der Waals surface area contributed by atoms with Crippen LogP contribution < -0.4 is 10.6 Å². The van der Waals surface area contributed by atoms with E-state index in [0.29, 0.717) is 5.56 Å². The lowest BCUT2D eigenvalue weighted by atomic mass is 10.1. The molecule has 0 bridgehead atoms. The molecular weight excluding hydrogens is 334 g/mol. The average Bonchev–Trinajstić information content (AvgIpc) is 2.67. The van der Waals surface area contributed by atoms with E-state index < -0.39 is 18.5 Å². The molecule has 0 fully saturated rings. The van der Waals surface area contributed by atoms with Gasteiger partial charge in [0.15, 0.2) is 6.61 Å². The lowest BCUT2D eigenvalue weighted by molar-refractivity contribution is -0.124. The summed E-state index contributed by atoms with van der Waals surface area (Å²) in [5.74, 6) is -1.59. The number of nitrogens with one attached hydrogen (secondary N) is 2. The van der Waals surface area contributed by atoms with Gasteiger partial charge in [0.2, 0.25) is 0 Å². The normalized spacial score (nSPS) is 9.65. The van der Waals surface area contributed by atoms with E-state index in [0.717, 1.165) is 0 Å². The second-order valence-corrected chi connectivity index (χ2v) is 5.20. The number of carbonyl (C=O) groups excluding carboxylic acids is 3. The summed E-state index contributed by atoms with van der Waals surface area (Å²) in [6, 6.07) is 16.8. The summed E-state index contributed by atoms with van der Waals surface area (Å²) in [6.45, 7) is -0.276. The van der Waals surface area contributed by atoms with Crippen LogP contribution in [0.5, 0.6) is 0 Å². The molecule has 2 N–H and O–H groups in total. The Kier molecular flexibility index (Phi) is 6.89. The van der Waals surface area contributed by atoms with Crippen LogP contribution in [-0.2, 0) is 9.53 Å². The zero-order valence-corrected chi connectivity index (χ0v) is 13.9. The largest absolute Gasteiger partial charge is 0.452 e. The third-order valence-corrected chi connectivity index (χ3v) is 3.32. The van der Waals surface area contributed by atoms with Gasteiger partial charge in [0.25, 0.3) is 11.8 Å². The minimum absolute atomic E-state index is 0.140. The van der Waals surface area contributed by atoms with Gasteiger partial charge in [-0.1, -0.05) is 30.3 Å². The van der Waals surface area contributed by atoms with Crippen LogP contribution >= 0.6 is 0 Å². The second-order valence-electron chi connectivity index (χ2n) is 5.20. The van der Waals surface area contributed by atoms with Crippen molar-refractivity contribution in [2.24, 2.45) is 0 Å². The fraction of sp³-hybridized carbons (Fsp3) is 0.158. The Morgan fingerprint density at radius 1 is 1.00 bits per heavy atom. The Balaban J connectivity index is 1.99. The number of esters is 1. The van der Waals surface area contributed by atoms with E-state index in [4.69, 9.17) is 10.00 Å². The summed E-state index contributed by atoms with van der Waals surface area (Å²) in [7, 11) is 0. The maximum absolute atomic E-state index is 12.2. The van der Waals surface area contributed by atoms with Gasteiger partial charge in [0.1, 0.15) is 0 Å². The van der Waals surface area contributed by atoms with Crippen LogP contribution in [0.3, 0.4) is 0 Å². The molecule has 0 saturated carbocycles. The summed E-state index contributed by atoms with van der Waals surface area (Å²) < 4.78 is 4.96. The van der Waals surface area contributed by atoms with Crippen molar-refractivity contribution >= 4 is 23.5 Å². The molecule has 0 aliphatic rings. The van der Waals surface area contributed by atoms with Crippen molar-refractivity contribution in [3.8, 4) is 6.07 Å². The van der Waals surface area contributed by atoms with Crippen molar-refractivity contribution in [2.45, 2.75) is 6.42 Å². The zero-order valence-electron chi connectivity index (χ0n) is 13.9. The molecule has 0 radical (unpaired) electrons. The monoisotopic (exact) mass is 351 g/mol. The minimum atomic E-state index is -0.732. The number of para-hydroxylation sites is 1. The van der Waals surface area contributed by atoms with Crippen molar-refractivity contribution < 1.29 is 19.1 Å². The van der Waals surface area contributed by atoms with Crippen LogP contribution in [-0.4, -0.2) is 30.9 Å². The summed E-state index contributed by atoms with van der Waals surface area (Å²) in [6.07, 6.45) is 0.175. The van der Waals surface area contributed by atoms with Crippen LogP contribution in [0, 0.1) is 11.3 Å². The molecule has 0 saturated heterocycles. The zero-order chi connectivity index (χ0) is 18.8. The predicted molar refractivity (Wildman–Crippen MR) is 94.4 cm³/mol. The number of hydrogen-bond acceptors (Lipinski definition) is 5. The first kappa shape index (κ1) is 18.7. The standard InChI is InChI=1S/C19H17N3O4/c20-11-6-12-21-17(23)13-26-19(25)15-9-4-5-10-16(15)22-18(24)14-7-2-1-3-8-14/h1-5,7-10H,6,12-13H2,(H,21,23)(H,22,24). The number of ether oxygens (including phenoxy) is 1. The molecule has 7 heteroatoms. The molecule has 2 amide bonds. The summed E-state index contributed by atoms with van der Waals surface area (Å²) in [5, 5.41) is 13.5. The molecule has 7 nitrogen and oxygen atoms in total. The smallest absolute Gasteiger partial charge is 0.340 e. The lowest BCUT2D eigenvalue weighted by Gasteiger charge is -2.11. The number of carbonyl (C=O) groups is 3. The van der Waals surface area contributed by atoms with E-state index in [2.05, 4.69) is 10.6 Å². The maximum Gasteiger partial charge on any atom is 0.340 e. The fourth-order valence-corrected chi connectivity index (χ4v) is 2.07. The van der Waals surface area contributed by atoms with E-state index in [-0.39, 0.29) is 30.1 Å². The molecule has 2 aromatic carbocycles. The fourth-order valence-electron chi connectivity index (χ4n) is 2.07. The van der Waals surface area contributed by atoms with Crippen molar-refractivity contribution in [3.63, 3.8) is 0 Å². The van der Waals surface area contributed by atoms with Crippen molar-refractivity contribution in [1.29, 1.82) is 5.26 Å². The molecule has 0 aliphatic carbocycles.